The van der Waals surface area contributed by atoms with Crippen molar-refractivity contribution in [3.63, 3.8) is 0 Å². The minimum absolute atomic E-state index is 0.0939. The Morgan fingerprint density at radius 1 is 1.21 bits per heavy atom. The Kier molecular flexibility index (Phi) is 8.41. The van der Waals surface area contributed by atoms with Crippen LogP contribution in [0, 0.1) is 5.82 Å². The number of halogens is 1. The topological polar surface area (TPSA) is 106 Å². The Morgan fingerprint density at radius 3 is 2.55 bits per heavy atom. The molecule has 0 amide bonds. The summed E-state index contributed by atoms with van der Waals surface area (Å²) in [6.07, 6.45) is 0.461. The molecule has 0 bridgehead atoms. The third kappa shape index (κ3) is 8.08. The van der Waals surface area contributed by atoms with Crippen molar-refractivity contribution in [3.05, 3.63) is 59.9 Å². The van der Waals surface area contributed by atoms with E-state index in [4.69, 9.17) is 9.88 Å². The second kappa shape index (κ2) is 10.8. The van der Waals surface area contributed by atoms with Gasteiger partial charge >= 0.3 is 0 Å². The number of ether oxygens (including phenoxy) is 1. The molecule has 0 spiro atoms. The van der Waals surface area contributed by atoms with Gasteiger partial charge in [-0.3, -0.25) is 0 Å². The standard InChI is InChI=1S/C20H27FN4O3S/c1-3-23-20(25-14-15(2)28-18-6-4-5-17(21)13-18)24-12-11-16-7-9-19(10-8-16)29(22,26)27/h4-10,13,15H,3,11-12,14H2,1-2H3,(H2,22,26,27)(H2,23,24,25). The molecule has 0 saturated carbocycles. The molecule has 158 valence electrons. The van der Waals surface area contributed by atoms with Crippen molar-refractivity contribution >= 4 is 16.0 Å². The van der Waals surface area contributed by atoms with E-state index in [0.29, 0.717) is 37.8 Å². The number of guanidine groups is 1. The van der Waals surface area contributed by atoms with E-state index in [0.717, 1.165) is 5.56 Å². The minimum Gasteiger partial charge on any atom is -0.489 e. The van der Waals surface area contributed by atoms with E-state index in [2.05, 4.69) is 15.6 Å². The van der Waals surface area contributed by atoms with Crippen LogP contribution in [0.4, 0.5) is 4.39 Å². The smallest absolute Gasteiger partial charge is 0.238 e. The van der Waals surface area contributed by atoms with Gasteiger partial charge in [0.2, 0.25) is 10.0 Å². The van der Waals surface area contributed by atoms with Gasteiger partial charge in [-0.05, 0) is 50.1 Å². The van der Waals surface area contributed by atoms with Crippen LogP contribution in [-0.4, -0.2) is 40.1 Å². The highest BCUT2D eigenvalue weighted by Gasteiger charge is 2.07. The van der Waals surface area contributed by atoms with Crippen LogP contribution in [0.5, 0.6) is 5.75 Å². The zero-order valence-electron chi connectivity index (χ0n) is 16.6. The fourth-order valence-corrected chi connectivity index (χ4v) is 3.06. The summed E-state index contributed by atoms with van der Waals surface area (Å²) in [6.45, 7) is 5.55. The molecule has 0 saturated heterocycles. The largest absolute Gasteiger partial charge is 0.489 e. The first-order chi connectivity index (χ1) is 13.8. The predicted octanol–water partition coefficient (Wildman–Crippen LogP) is 2.04. The lowest BCUT2D eigenvalue weighted by Gasteiger charge is -2.15. The van der Waals surface area contributed by atoms with Gasteiger partial charge in [0.05, 0.1) is 11.4 Å². The van der Waals surface area contributed by atoms with Gasteiger partial charge in [-0.1, -0.05) is 18.2 Å². The third-order valence-electron chi connectivity index (χ3n) is 3.94. The van der Waals surface area contributed by atoms with Crippen LogP contribution in [0.15, 0.2) is 58.4 Å². The van der Waals surface area contributed by atoms with E-state index in [1.807, 2.05) is 13.8 Å². The van der Waals surface area contributed by atoms with Crippen molar-refractivity contribution in [2.24, 2.45) is 10.1 Å². The zero-order valence-corrected chi connectivity index (χ0v) is 17.4. The Bertz CT molecular complexity index is 918. The second-order valence-corrected chi connectivity index (χ2v) is 8.03. The Morgan fingerprint density at radius 2 is 1.93 bits per heavy atom. The van der Waals surface area contributed by atoms with Crippen LogP contribution in [0.1, 0.15) is 19.4 Å². The third-order valence-corrected chi connectivity index (χ3v) is 4.87. The van der Waals surface area contributed by atoms with Crippen molar-refractivity contribution < 1.29 is 17.5 Å². The predicted molar refractivity (Wildman–Crippen MR) is 112 cm³/mol. The molecule has 0 aliphatic carbocycles. The highest BCUT2D eigenvalue weighted by molar-refractivity contribution is 7.89. The average molecular weight is 423 g/mol. The lowest BCUT2D eigenvalue weighted by molar-refractivity contribution is 0.229. The molecule has 0 heterocycles. The number of rotatable bonds is 9. The summed E-state index contributed by atoms with van der Waals surface area (Å²) in [5, 5.41) is 11.5. The molecule has 0 aliphatic rings. The first-order valence-electron chi connectivity index (χ1n) is 9.34. The van der Waals surface area contributed by atoms with Crippen molar-refractivity contribution in [3.8, 4) is 5.75 Å². The van der Waals surface area contributed by atoms with Crippen LogP contribution >= 0.6 is 0 Å². The van der Waals surface area contributed by atoms with Crippen LogP contribution in [0.25, 0.3) is 0 Å². The van der Waals surface area contributed by atoms with Gasteiger partial charge in [0.15, 0.2) is 5.96 Å². The molecule has 4 N–H and O–H groups in total. The molecule has 0 aliphatic heterocycles. The zero-order chi connectivity index (χ0) is 21.3. The Balaban J connectivity index is 1.85. The first kappa shape index (κ1) is 22.6. The highest BCUT2D eigenvalue weighted by Crippen LogP contribution is 2.14. The van der Waals surface area contributed by atoms with Crippen molar-refractivity contribution in [2.45, 2.75) is 31.3 Å². The van der Waals surface area contributed by atoms with E-state index in [-0.39, 0.29) is 16.8 Å². The van der Waals surface area contributed by atoms with E-state index >= 15 is 0 Å². The Labute approximate surface area is 171 Å². The number of hydrogen-bond acceptors (Lipinski definition) is 4. The quantitative estimate of drug-likeness (QED) is 0.424. The number of primary sulfonamides is 1. The summed E-state index contributed by atoms with van der Waals surface area (Å²) < 4.78 is 41.5. The van der Waals surface area contributed by atoms with Gasteiger partial charge in [-0.2, -0.15) is 0 Å². The van der Waals surface area contributed by atoms with Crippen LogP contribution in [0.2, 0.25) is 0 Å². The van der Waals surface area contributed by atoms with Gasteiger partial charge in [-0.25, -0.2) is 22.9 Å². The number of aliphatic imine (C=N–C) groups is 1. The molecule has 0 radical (unpaired) electrons. The molecule has 2 rings (SSSR count). The number of nitrogens with zero attached hydrogens (tertiary/aromatic N) is 1. The highest BCUT2D eigenvalue weighted by atomic mass is 32.2. The number of sulfonamides is 1. The SMILES string of the molecule is CCNC(=NCC(C)Oc1cccc(F)c1)NCCc1ccc(S(N)(=O)=O)cc1. The first-order valence-corrected chi connectivity index (χ1v) is 10.9. The molecule has 0 fully saturated rings. The molecule has 1 atom stereocenters. The molecular formula is C20H27FN4O3S. The van der Waals surface area contributed by atoms with Crippen LogP contribution in [-0.2, 0) is 16.4 Å². The normalized spacial score (nSPS) is 13.0. The fourth-order valence-electron chi connectivity index (χ4n) is 2.54. The summed E-state index contributed by atoms with van der Waals surface area (Å²) in [6, 6.07) is 12.5. The number of nitrogens with two attached hydrogens (primary N) is 1. The summed E-state index contributed by atoms with van der Waals surface area (Å²) in [5.74, 6) is 0.766. The van der Waals surface area contributed by atoms with E-state index in [1.165, 1.54) is 24.3 Å². The minimum atomic E-state index is -3.68. The second-order valence-electron chi connectivity index (χ2n) is 6.47. The lowest BCUT2D eigenvalue weighted by atomic mass is 10.1. The molecular weight excluding hydrogens is 395 g/mol. The number of hydrogen-bond donors (Lipinski definition) is 3. The van der Waals surface area contributed by atoms with Gasteiger partial charge in [-0.15, -0.1) is 0 Å². The van der Waals surface area contributed by atoms with Gasteiger partial charge in [0.1, 0.15) is 17.7 Å². The monoisotopic (exact) mass is 422 g/mol. The molecule has 2 aromatic rings. The maximum Gasteiger partial charge on any atom is 0.238 e. The van der Waals surface area contributed by atoms with Crippen molar-refractivity contribution in [2.75, 3.05) is 19.6 Å². The van der Waals surface area contributed by atoms with Crippen LogP contribution in [0.3, 0.4) is 0 Å². The van der Waals surface area contributed by atoms with Crippen molar-refractivity contribution in [1.82, 2.24) is 10.6 Å². The van der Waals surface area contributed by atoms with Gasteiger partial charge in [0.25, 0.3) is 0 Å². The molecule has 1 unspecified atom stereocenters. The molecule has 7 nitrogen and oxygen atoms in total. The Hall–Kier alpha value is -2.65. The number of nitrogens with one attached hydrogen (secondary N) is 2. The van der Waals surface area contributed by atoms with Crippen LogP contribution < -0.4 is 20.5 Å². The summed E-state index contributed by atoms with van der Waals surface area (Å²) in [7, 11) is -3.68. The average Bonchev–Trinajstić information content (AvgIpc) is 2.66. The summed E-state index contributed by atoms with van der Waals surface area (Å²) in [4.78, 5) is 4.58. The summed E-state index contributed by atoms with van der Waals surface area (Å²) in [5.41, 5.74) is 0.976. The molecule has 9 heteroatoms. The van der Waals surface area contributed by atoms with Gasteiger partial charge < -0.3 is 15.4 Å². The maximum atomic E-state index is 13.2. The number of benzene rings is 2. The van der Waals surface area contributed by atoms with E-state index < -0.39 is 10.0 Å². The maximum absolute atomic E-state index is 13.2. The molecule has 0 aromatic heterocycles. The van der Waals surface area contributed by atoms with E-state index in [9.17, 15) is 12.8 Å². The van der Waals surface area contributed by atoms with E-state index in [1.54, 1.807) is 24.3 Å². The van der Waals surface area contributed by atoms with Gasteiger partial charge in [0, 0.05) is 19.2 Å². The molecule has 2 aromatic carbocycles. The lowest BCUT2D eigenvalue weighted by Crippen LogP contribution is -2.39. The summed E-state index contributed by atoms with van der Waals surface area (Å²) >= 11 is 0. The fraction of sp³-hybridized carbons (Fsp3) is 0.350. The van der Waals surface area contributed by atoms with Crippen molar-refractivity contribution in [1.29, 1.82) is 0 Å². The molecule has 29 heavy (non-hydrogen) atoms.